The van der Waals surface area contributed by atoms with Crippen molar-refractivity contribution in [3.63, 3.8) is 0 Å². The molecule has 0 N–H and O–H groups in total. The first-order chi connectivity index (χ1) is 30.3. The van der Waals surface area contributed by atoms with Gasteiger partial charge in [0.25, 0.3) is 0 Å². The van der Waals surface area contributed by atoms with Gasteiger partial charge >= 0.3 is 0 Å². The fraction of sp³-hybridized carbons (Fsp3) is 0. The summed E-state index contributed by atoms with van der Waals surface area (Å²) in [5, 5.41) is -5.39. The van der Waals surface area contributed by atoms with Crippen molar-refractivity contribution in [1.82, 2.24) is 0 Å². The van der Waals surface area contributed by atoms with Crippen LogP contribution in [-0.2, 0) is 0 Å². The fourth-order valence-corrected chi connectivity index (χ4v) is 5.10. The first-order valence-corrected chi connectivity index (χ1v) is 12.2. The van der Waals surface area contributed by atoms with Crippen LogP contribution >= 0.6 is 0 Å². The van der Waals surface area contributed by atoms with Gasteiger partial charge in [-0.3, -0.25) is 0 Å². The molecule has 1 heteroatoms. The highest BCUT2D eigenvalue weighted by Gasteiger charge is 2.19. The molecule has 9 rings (SSSR count). The molecule has 0 saturated carbocycles. The van der Waals surface area contributed by atoms with E-state index in [4.69, 9.17) is 29.1 Å². The first-order valence-electron chi connectivity index (χ1n) is 24.2. The van der Waals surface area contributed by atoms with Crippen LogP contribution < -0.4 is 0 Å². The predicted octanol–water partition coefficient (Wildman–Crippen LogP) is 11.5. The van der Waals surface area contributed by atoms with Crippen molar-refractivity contribution < 1.29 is 37.3 Å². The minimum atomic E-state index is -0.908. The van der Waals surface area contributed by atoms with E-state index in [-0.39, 0.29) is 0 Å². The molecule has 1 aromatic heterocycles. The van der Waals surface area contributed by atoms with Crippen LogP contribution in [0.1, 0.15) is 32.9 Å². The quantitative estimate of drug-likeness (QED) is 0.156. The topological polar surface area (TPSA) is 13.1 Å². The number of hydrogen-bond donors (Lipinski definition) is 0. The van der Waals surface area contributed by atoms with Crippen LogP contribution in [0.15, 0.2) is 149 Å². The van der Waals surface area contributed by atoms with E-state index in [1.165, 1.54) is 0 Å². The van der Waals surface area contributed by atoms with Gasteiger partial charge in [0.15, 0.2) is 0 Å². The monoisotopic (exact) mass is 544 g/mol. The summed E-state index contributed by atoms with van der Waals surface area (Å²) in [5.41, 5.74) is -3.71. The highest BCUT2D eigenvalue weighted by atomic mass is 16.3. The summed E-state index contributed by atoms with van der Waals surface area (Å²) in [6, 6.07) is -20.0. The number of furan rings is 1. The van der Waals surface area contributed by atoms with E-state index in [0.29, 0.717) is 0 Å². The third kappa shape index (κ3) is 3.30. The van der Waals surface area contributed by atoms with E-state index >= 15 is 0 Å². The molecule has 0 amide bonds. The SMILES string of the molecule is [2H]c1c([2H])c([2H])c(-c2c([2H])c([2H])c([2H])c3c([2H])c4c(oc5c([2H])c([2H])c([2H])c(-c6c7c([2H])c([2H])c([2H])c([2H])c7c([2H])c7c6c([2H])c([2H])c6c([2H])c([2H])c([2H])c([2H])c67)c54)c([2H])c23)c([2H])c1[2H]. The third-order valence-electron chi connectivity index (χ3n) is 6.82. The van der Waals surface area contributed by atoms with E-state index in [2.05, 4.69) is 0 Å². The summed E-state index contributed by atoms with van der Waals surface area (Å²) < 4.78 is 219. The summed E-state index contributed by atoms with van der Waals surface area (Å²) in [7, 11) is 0. The molecule has 0 radical (unpaired) electrons. The average molecular weight is 545 g/mol. The molecule has 1 heterocycles. The van der Waals surface area contributed by atoms with E-state index < -0.39 is 232 Å². The maximum absolute atomic E-state index is 9.67. The predicted molar refractivity (Wildman–Crippen MR) is 175 cm³/mol. The molecule has 41 heavy (non-hydrogen) atoms. The lowest BCUT2D eigenvalue weighted by Gasteiger charge is -2.15. The van der Waals surface area contributed by atoms with Crippen molar-refractivity contribution in [3.05, 3.63) is 145 Å². The molecule has 190 valence electrons. The van der Waals surface area contributed by atoms with Crippen molar-refractivity contribution >= 4 is 65.0 Å². The zero-order valence-electron chi connectivity index (χ0n) is 44.4. The van der Waals surface area contributed by atoms with Gasteiger partial charge in [-0.2, -0.15) is 0 Å². The Kier molecular flexibility index (Phi) is 1.94. The van der Waals surface area contributed by atoms with Crippen LogP contribution in [-0.4, -0.2) is 0 Å². The molecule has 0 bridgehead atoms. The molecule has 0 spiro atoms. The molecule has 0 unspecified atom stereocenters. The second-order valence-electron chi connectivity index (χ2n) is 9.01. The summed E-state index contributed by atoms with van der Waals surface area (Å²) in [4.78, 5) is 0. The Morgan fingerprint density at radius 2 is 1.07 bits per heavy atom. The van der Waals surface area contributed by atoms with Gasteiger partial charge in [-0.15, -0.1) is 0 Å². The van der Waals surface area contributed by atoms with Crippen LogP contribution in [0.5, 0.6) is 0 Å². The molecule has 8 aromatic carbocycles. The van der Waals surface area contributed by atoms with E-state index in [9.17, 15) is 8.22 Å². The summed E-state index contributed by atoms with van der Waals surface area (Å²) >= 11 is 0. The minimum Gasteiger partial charge on any atom is -0.456 e. The van der Waals surface area contributed by atoms with Gasteiger partial charge in [0.05, 0.1) is 32.9 Å². The number of benzene rings is 8. The molecular formula is C40H24O. The molecule has 0 fully saturated rings. The van der Waals surface area contributed by atoms with Crippen molar-refractivity contribution in [2.75, 3.05) is 0 Å². The van der Waals surface area contributed by atoms with Gasteiger partial charge in [0.2, 0.25) is 0 Å². The zero-order chi connectivity index (χ0) is 47.8. The first kappa shape index (κ1) is 9.33. The fourth-order valence-electron chi connectivity index (χ4n) is 5.10. The van der Waals surface area contributed by atoms with Gasteiger partial charge in [-0.1, -0.05) is 121 Å². The second-order valence-corrected chi connectivity index (χ2v) is 9.01. The molecule has 0 saturated heterocycles. The van der Waals surface area contributed by atoms with Gasteiger partial charge < -0.3 is 4.42 Å². The maximum atomic E-state index is 9.67. The maximum Gasteiger partial charge on any atom is 0.136 e. The molecule has 9 aromatic rings. The van der Waals surface area contributed by atoms with E-state index in [0.717, 1.165) is 0 Å². The highest BCUT2D eigenvalue weighted by Crippen LogP contribution is 2.45. The minimum absolute atomic E-state index is 0.495. The number of fused-ring (bicyclic) bond motifs is 8. The number of rotatable bonds is 2. The Bertz CT molecular complexity index is 3790. The summed E-state index contributed by atoms with van der Waals surface area (Å²) in [6.45, 7) is 0. The molecular weight excluding hydrogens is 496 g/mol. The van der Waals surface area contributed by atoms with Crippen molar-refractivity contribution in [3.8, 4) is 22.3 Å². The molecule has 0 aliphatic rings. The Balaban J connectivity index is 1.64. The molecule has 0 atom stereocenters. The van der Waals surface area contributed by atoms with Crippen LogP contribution in [0.4, 0.5) is 0 Å². The van der Waals surface area contributed by atoms with Gasteiger partial charge in [-0.25, -0.2) is 0 Å². The van der Waals surface area contributed by atoms with Crippen LogP contribution in [0.3, 0.4) is 0 Å². The smallest absolute Gasteiger partial charge is 0.136 e. The Morgan fingerprint density at radius 3 is 1.98 bits per heavy atom. The lowest BCUT2D eigenvalue weighted by atomic mass is 9.88. The second kappa shape index (κ2) is 8.55. The van der Waals surface area contributed by atoms with Crippen LogP contribution in [0, 0.1) is 0 Å². The normalized spacial score (nSPS) is 20.1. The summed E-state index contributed by atoms with van der Waals surface area (Å²) in [6.07, 6.45) is 0. The average Bonchev–Trinajstić information content (AvgIpc) is 3.68. The van der Waals surface area contributed by atoms with E-state index in [1.54, 1.807) is 0 Å². The van der Waals surface area contributed by atoms with Crippen molar-refractivity contribution in [2.24, 2.45) is 0 Å². The Labute approximate surface area is 270 Å². The highest BCUT2D eigenvalue weighted by molar-refractivity contribution is 6.25. The van der Waals surface area contributed by atoms with Crippen LogP contribution in [0.25, 0.3) is 87.3 Å². The molecule has 0 aliphatic carbocycles. The third-order valence-corrected chi connectivity index (χ3v) is 6.82. The molecule has 1 nitrogen and oxygen atoms in total. The Morgan fingerprint density at radius 1 is 0.390 bits per heavy atom. The lowest BCUT2D eigenvalue weighted by Crippen LogP contribution is -1.88. The largest absolute Gasteiger partial charge is 0.456 e. The zero-order valence-corrected chi connectivity index (χ0v) is 20.4. The van der Waals surface area contributed by atoms with Gasteiger partial charge in [-0.05, 0) is 89.5 Å². The standard InChI is InChI=1S/C40H24O/c1-2-10-25(11-3-1)29-17-8-14-28-23-36-38(24-34(28)29)41-37-19-9-18-33(40(36)37)39-31-16-7-5-13-27(31)22-35-30-15-6-4-12-26(30)20-21-32(35)39/h1-24H/i1D,2D,3D,4D,5D,6D,7D,8D,9D,10D,11D,12D,13D,14D,15D,16D,17D,18D,19D,20D,21D,22D,23D,24D. The van der Waals surface area contributed by atoms with Crippen molar-refractivity contribution in [2.45, 2.75) is 0 Å². The Hall–Kier alpha value is -5.40. The lowest BCUT2D eigenvalue weighted by molar-refractivity contribution is 0.669. The van der Waals surface area contributed by atoms with Gasteiger partial charge in [0.1, 0.15) is 11.2 Å². The molecule has 0 aliphatic heterocycles. The van der Waals surface area contributed by atoms with Crippen LogP contribution in [0.2, 0.25) is 0 Å². The van der Waals surface area contributed by atoms with Gasteiger partial charge in [0, 0.05) is 10.8 Å². The van der Waals surface area contributed by atoms with Crippen molar-refractivity contribution in [1.29, 1.82) is 0 Å². The summed E-state index contributed by atoms with van der Waals surface area (Å²) in [5.74, 6) is 0. The van der Waals surface area contributed by atoms with E-state index in [1.807, 2.05) is 0 Å². The number of hydrogen-bond acceptors (Lipinski definition) is 1.